The maximum absolute atomic E-state index is 12.9. The van der Waals surface area contributed by atoms with Gasteiger partial charge in [-0.25, -0.2) is 0 Å². The Balaban J connectivity index is 1.78. The summed E-state index contributed by atoms with van der Waals surface area (Å²) in [6.45, 7) is 1.43. The Morgan fingerprint density at radius 1 is 1.08 bits per heavy atom. The van der Waals surface area contributed by atoms with Crippen LogP contribution in [-0.2, 0) is 17.3 Å². The van der Waals surface area contributed by atoms with E-state index in [0.29, 0.717) is 31.7 Å². The van der Waals surface area contributed by atoms with E-state index in [-0.39, 0.29) is 5.91 Å². The van der Waals surface area contributed by atoms with Crippen molar-refractivity contribution in [1.29, 1.82) is 0 Å². The SMILES string of the molecule is CN(C)S(=O)(=O)N1CCN(C(=O)c2cn(C)c3ccccc23)CC1. The average Bonchev–Trinajstić information content (AvgIpc) is 2.91. The van der Waals surface area contributed by atoms with Crippen molar-refractivity contribution in [2.24, 2.45) is 7.05 Å². The molecule has 0 saturated carbocycles. The third kappa shape index (κ3) is 2.81. The van der Waals surface area contributed by atoms with E-state index in [1.807, 2.05) is 42.1 Å². The molecule has 1 aliphatic heterocycles. The minimum atomic E-state index is -3.42. The highest BCUT2D eigenvalue weighted by Crippen LogP contribution is 2.22. The van der Waals surface area contributed by atoms with Gasteiger partial charge in [0.05, 0.1) is 5.56 Å². The first-order valence-electron chi connectivity index (χ1n) is 7.83. The Hall–Kier alpha value is -1.90. The molecule has 1 amide bonds. The third-order valence-electron chi connectivity index (χ3n) is 4.44. The molecule has 130 valence electrons. The minimum Gasteiger partial charge on any atom is -0.350 e. The van der Waals surface area contributed by atoms with Gasteiger partial charge >= 0.3 is 0 Å². The number of para-hydroxylation sites is 1. The van der Waals surface area contributed by atoms with Gasteiger partial charge in [-0.2, -0.15) is 17.0 Å². The van der Waals surface area contributed by atoms with Crippen LogP contribution < -0.4 is 0 Å². The molecule has 0 radical (unpaired) electrons. The van der Waals surface area contributed by atoms with Gasteiger partial charge in [-0.3, -0.25) is 4.79 Å². The molecule has 1 fully saturated rings. The highest BCUT2D eigenvalue weighted by atomic mass is 32.2. The highest BCUT2D eigenvalue weighted by molar-refractivity contribution is 7.86. The van der Waals surface area contributed by atoms with Gasteiger partial charge < -0.3 is 9.47 Å². The maximum Gasteiger partial charge on any atom is 0.281 e. The second-order valence-corrected chi connectivity index (χ2v) is 8.29. The van der Waals surface area contributed by atoms with Crippen molar-refractivity contribution in [3.05, 3.63) is 36.0 Å². The molecule has 8 heteroatoms. The maximum atomic E-state index is 12.9. The molecule has 7 nitrogen and oxygen atoms in total. The molecule has 0 atom stereocenters. The lowest BCUT2D eigenvalue weighted by molar-refractivity contribution is 0.0697. The van der Waals surface area contributed by atoms with Crippen LogP contribution in [0.25, 0.3) is 10.9 Å². The molecule has 0 N–H and O–H groups in total. The fourth-order valence-electron chi connectivity index (χ4n) is 3.04. The molecule has 3 rings (SSSR count). The van der Waals surface area contributed by atoms with Gasteiger partial charge in [-0.05, 0) is 6.07 Å². The van der Waals surface area contributed by atoms with Crippen LogP contribution >= 0.6 is 0 Å². The number of hydrogen-bond acceptors (Lipinski definition) is 3. The normalized spacial score (nSPS) is 16.9. The summed E-state index contributed by atoms with van der Waals surface area (Å²) in [5.74, 6) is -0.0475. The summed E-state index contributed by atoms with van der Waals surface area (Å²) in [7, 11) is 1.53. The molecule has 1 aliphatic rings. The topological polar surface area (TPSA) is 65.9 Å². The van der Waals surface area contributed by atoms with Crippen LogP contribution in [0.3, 0.4) is 0 Å². The second kappa shape index (κ2) is 6.19. The number of piperazine rings is 1. The molecular weight excluding hydrogens is 328 g/mol. The Bertz CT molecular complexity index is 865. The minimum absolute atomic E-state index is 0.0475. The standard InChI is InChI=1S/C16H22N4O3S/c1-17(2)24(22,23)20-10-8-19(9-11-20)16(21)14-12-18(3)15-7-5-4-6-13(14)15/h4-7,12H,8-11H2,1-3H3. The number of carbonyl (C=O) groups excluding carboxylic acids is 1. The van der Waals surface area contributed by atoms with E-state index in [1.54, 1.807) is 4.90 Å². The van der Waals surface area contributed by atoms with Crippen molar-refractivity contribution in [2.45, 2.75) is 0 Å². The van der Waals surface area contributed by atoms with Crippen molar-refractivity contribution < 1.29 is 13.2 Å². The number of fused-ring (bicyclic) bond motifs is 1. The summed E-state index contributed by atoms with van der Waals surface area (Å²) in [5.41, 5.74) is 1.67. The zero-order chi connectivity index (χ0) is 17.5. The van der Waals surface area contributed by atoms with Gasteiger partial charge in [0.25, 0.3) is 16.1 Å². The van der Waals surface area contributed by atoms with Gasteiger partial charge in [0.2, 0.25) is 0 Å². The number of rotatable bonds is 3. The van der Waals surface area contributed by atoms with E-state index in [0.717, 1.165) is 10.9 Å². The molecule has 2 aromatic rings. The van der Waals surface area contributed by atoms with Crippen molar-refractivity contribution >= 4 is 27.0 Å². The lowest BCUT2D eigenvalue weighted by Crippen LogP contribution is -2.53. The molecule has 1 saturated heterocycles. The number of carbonyl (C=O) groups is 1. The van der Waals surface area contributed by atoms with E-state index in [9.17, 15) is 13.2 Å². The summed E-state index contributed by atoms with van der Waals surface area (Å²) in [6, 6.07) is 7.78. The zero-order valence-corrected chi connectivity index (χ0v) is 15.0. The molecule has 0 unspecified atom stereocenters. The van der Waals surface area contributed by atoms with E-state index >= 15 is 0 Å². The fourth-order valence-corrected chi connectivity index (χ4v) is 4.12. The van der Waals surface area contributed by atoms with Crippen LogP contribution in [0, 0.1) is 0 Å². The molecular formula is C16H22N4O3S. The van der Waals surface area contributed by atoms with Crippen molar-refractivity contribution in [3.8, 4) is 0 Å². The molecule has 1 aromatic heterocycles. The summed E-state index contributed by atoms with van der Waals surface area (Å²) in [4.78, 5) is 14.6. The Kier molecular flexibility index (Phi) is 4.37. The van der Waals surface area contributed by atoms with Crippen molar-refractivity contribution in [1.82, 2.24) is 18.1 Å². The fraction of sp³-hybridized carbons (Fsp3) is 0.438. The smallest absolute Gasteiger partial charge is 0.281 e. The predicted octanol–water partition coefficient (Wildman–Crippen LogP) is 0.743. The second-order valence-electron chi connectivity index (χ2n) is 6.15. The van der Waals surface area contributed by atoms with Crippen LogP contribution in [0.2, 0.25) is 0 Å². The van der Waals surface area contributed by atoms with Gasteiger partial charge in [-0.15, -0.1) is 0 Å². The predicted molar refractivity (Wildman–Crippen MR) is 93.0 cm³/mol. The van der Waals surface area contributed by atoms with Crippen LogP contribution in [0.1, 0.15) is 10.4 Å². The Morgan fingerprint density at radius 3 is 2.33 bits per heavy atom. The molecule has 0 bridgehead atoms. The van der Waals surface area contributed by atoms with Gasteiger partial charge in [0, 0.05) is 64.4 Å². The van der Waals surface area contributed by atoms with Gasteiger partial charge in [0.1, 0.15) is 0 Å². The van der Waals surface area contributed by atoms with E-state index < -0.39 is 10.2 Å². The van der Waals surface area contributed by atoms with Crippen LogP contribution in [0.15, 0.2) is 30.5 Å². The molecule has 0 spiro atoms. The number of aromatic nitrogens is 1. The monoisotopic (exact) mass is 350 g/mol. The first-order chi connectivity index (χ1) is 11.3. The van der Waals surface area contributed by atoms with E-state index in [1.165, 1.54) is 22.7 Å². The number of hydrogen-bond donors (Lipinski definition) is 0. The first-order valence-corrected chi connectivity index (χ1v) is 9.23. The van der Waals surface area contributed by atoms with Gasteiger partial charge in [0.15, 0.2) is 0 Å². The van der Waals surface area contributed by atoms with Crippen LogP contribution in [0.5, 0.6) is 0 Å². The molecule has 0 aliphatic carbocycles. The molecule has 1 aromatic carbocycles. The third-order valence-corrected chi connectivity index (χ3v) is 6.38. The Morgan fingerprint density at radius 2 is 1.71 bits per heavy atom. The summed E-state index contributed by atoms with van der Waals surface area (Å²) >= 11 is 0. The largest absolute Gasteiger partial charge is 0.350 e. The number of amides is 1. The molecule has 2 heterocycles. The van der Waals surface area contributed by atoms with Crippen molar-refractivity contribution in [2.75, 3.05) is 40.3 Å². The van der Waals surface area contributed by atoms with Crippen molar-refractivity contribution in [3.63, 3.8) is 0 Å². The van der Waals surface area contributed by atoms with Crippen LogP contribution in [-0.4, -0.2) is 72.7 Å². The summed E-state index contributed by atoms with van der Waals surface area (Å²) < 4.78 is 28.9. The highest BCUT2D eigenvalue weighted by Gasteiger charge is 2.31. The van der Waals surface area contributed by atoms with Crippen LogP contribution in [0.4, 0.5) is 0 Å². The number of nitrogens with zero attached hydrogens (tertiary/aromatic N) is 4. The first kappa shape index (κ1) is 16.9. The lowest BCUT2D eigenvalue weighted by atomic mass is 10.1. The average molecular weight is 350 g/mol. The lowest BCUT2D eigenvalue weighted by Gasteiger charge is -2.35. The Labute approximate surface area is 142 Å². The van der Waals surface area contributed by atoms with Gasteiger partial charge in [-0.1, -0.05) is 18.2 Å². The van der Waals surface area contributed by atoms with E-state index in [4.69, 9.17) is 0 Å². The summed E-state index contributed by atoms with van der Waals surface area (Å²) in [6.07, 6.45) is 1.84. The van der Waals surface area contributed by atoms with E-state index in [2.05, 4.69) is 0 Å². The zero-order valence-electron chi connectivity index (χ0n) is 14.1. The molecule has 24 heavy (non-hydrogen) atoms. The number of benzene rings is 1. The number of aryl methyl sites for hydroxylation is 1. The quantitative estimate of drug-likeness (QED) is 0.820. The summed E-state index contributed by atoms with van der Waals surface area (Å²) in [5, 5.41) is 0.924.